The summed E-state index contributed by atoms with van der Waals surface area (Å²) in [5.41, 5.74) is -0.639. The van der Waals surface area contributed by atoms with Crippen molar-refractivity contribution in [1.29, 1.82) is 0 Å². The van der Waals surface area contributed by atoms with Gasteiger partial charge in [-0.3, -0.25) is 9.59 Å². The molecule has 2 rings (SSSR count). The largest absolute Gasteiger partial charge is 0.458 e. The maximum absolute atomic E-state index is 12.9. The fourth-order valence-electron chi connectivity index (χ4n) is 3.30. The zero-order chi connectivity index (χ0) is 25.9. The van der Waals surface area contributed by atoms with Gasteiger partial charge in [-0.2, -0.15) is 0 Å². The van der Waals surface area contributed by atoms with Gasteiger partial charge in [-0.25, -0.2) is 4.79 Å². The van der Waals surface area contributed by atoms with Crippen molar-refractivity contribution in [1.82, 2.24) is 4.90 Å². The van der Waals surface area contributed by atoms with Gasteiger partial charge in [0.1, 0.15) is 11.6 Å². The summed E-state index contributed by atoms with van der Waals surface area (Å²) in [4.78, 5) is 40.9. The number of Topliss-reactive ketones (excluding diaryl/α,β-unsaturated/α-hetero) is 1. The molecule has 1 aromatic rings. The fourth-order valence-corrected chi connectivity index (χ4v) is 5.26. The molecule has 0 aliphatic carbocycles. The van der Waals surface area contributed by atoms with Crippen molar-refractivity contribution in [3.05, 3.63) is 28.0 Å². The Hall–Kier alpha value is -1.77. The van der Waals surface area contributed by atoms with Gasteiger partial charge < -0.3 is 14.1 Å². The predicted octanol–water partition coefficient (Wildman–Crippen LogP) is 5.93. The van der Waals surface area contributed by atoms with Crippen molar-refractivity contribution in [2.24, 2.45) is 5.92 Å². The molecule has 1 unspecified atom stereocenters. The molecule has 0 spiro atoms. The molecule has 0 radical (unpaired) electrons. The first-order valence-electron chi connectivity index (χ1n) is 12.0. The lowest BCUT2D eigenvalue weighted by molar-refractivity contribution is -0.162. The third kappa shape index (κ3) is 7.62. The summed E-state index contributed by atoms with van der Waals surface area (Å²) < 4.78 is 11.7. The Morgan fingerprint density at radius 2 is 1.82 bits per heavy atom. The van der Waals surface area contributed by atoms with Crippen molar-refractivity contribution in [2.45, 2.75) is 91.1 Å². The number of rotatable bonds is 8. The van der Waals surface area contributed by atoms with Gasteiger partial charge >= 0.3 is 5.97 Å². The Labute approximate surface area is 209 Å². The number of likely N-dealkylation sites (tertiary alicyclic amines) is 1. The smallest absolute Gasteiger partial charge is 0.329 e. The Bertz CT molecular complexity index is 922. The zero-order valence-electron chi connectivity index (χ0n) is 22.2. The first kappa shape index (κ1) is 28.5. The van der Waals surface area contributed by atoms with Crippen LogP contribution in [0, 0.1) is 5.92 Å². The molecule has 1 fully saturated rings. The summed E-state index contributed by atoms with van der Waals surface area (Å²) in [7, 11) is -1.79. The van der Waals surface area contributed by atoms with Crippen molar-refractivity contribution < 1.29 is 23.5 Å². The van der Waals surface area contributed by atoms with Crippen LogP contribution in [0.4, 0.5) is 0 Å². The van der Waals surface area contributed by atoms with Crippen LogP contribution in [0.15, 0.2) is 18.2 Å². The SMILES string of the molecule is C[C@@H](/C=C/c1ccc(C(=O)C(=O)N2CCCC2C(=O)OC(C)(C)C)s1)CO[Si](C)(C)C(C)(C)C. The van der Waals surface area contributed by atoms with E-state index in [1.54, 1.807) is 26.8 Å². The minimum Gasteiger partial charge on any atom is -0.458 e. The fraction of sp³-hybridized carbons (Fsp3) is 0.654. The molecule has 1 aromatic heterocycles. The maximum Gasteiger partial charge on any atom is 0.329 e. The Morgan fingerprint density at radius 3 is 2.41 bits per heavy atom. The molecule has 1 amide bonds. The molecule has 34 heavy (non-hydrogen) atoms. The molecule has 1 saturated heterocycles. The van der Waals surface area contributed by atoms with Crippen LogP contribution in [0.3, 0.4) is 0 Å². The monoisotopic (exact) mass is 507 g/mol. The van der Waals surface area contributed by atoms with Crippen LogP contribution in [0.2, 0.25) is 18.1 Å². The summed E-state index contributed by atoms with van der Waals surface area (Å²) in [6.07, 6.45) is 5.25. The van der Waals surface area contributed by atoms with E-state index in [0.717, 1.165) is 4.88 Å². The van der Waals surface area contributed by atoms with Gasteiger partial charge in [-0.1, -0.05) is 33.8 Å². The van der Waals surface area contributed by atoms with Crippen LogP contribution in [-0.2, 0) is 18.8 Å². The van der Waals surface area contributed by atoms with Crippen molar-refractivity contribution in [3.63, 3.8) is 0 Å². The standard InChI is InChI=1S/C26H41NO5SSi/c1-18(17-31-34(8,9)26(5,6)7)12-13-19-14-15-21(33-19)22(28)23(29)27-16-10-11-20(27)24(30)32-25(2,3)4/h12-15,18,20H,10-11,16-17H2,1-9H3/b13-12+/t18-,20?/m0/s1. The van der Waals surface area contributed by atoms with E-state index in [-0.39, 0.29) is 11.0 Å². The van der Waals surface area contributed by atoms with Gasteiger partial charge in [-0.05, 0) is 75.9 Å². The lowest BCUT2D eigenvalue weighted by atomic mass is 10.1. The normalized spacial score (nSPS) is 18.4. The number of hydrogen-bond acceptors (Lipinski definition) is 6. The van der Waals surface area contributed by atoms with E-state index in [1.165, 1.54) is 16.2 Å². The molecule has 0 aromatic carbocycles. The number of nitrogens with zero attached hydrogens (tertiary/aromatic N) is 1. The molecular weight excluding hydrogens is 466 g/mol. The van der Waals surface area contributed by atoms with Crippen LogP contribution in [0.1, 0.15) is 75.9 Å². The molecular formula is C26H41NO5SSi. The minimum atomic E-state index is -1.79. The first-order valence-corrected chi connectivity index (χ1v) is 15.7. The van der Waals surface area contributed by atoms with Gasteiger partial charge in [0, 0.05) is 18.0 Å². The van der Waals surface area contributed by atoms with E-state index in [4.69, 9.17) is 9.16 Å². The van der Waals surface area contributed by atoms with Gasteiger partial charge in [0.2, 0.25) is 0 Å². The number of esters is 1. The van der Waals surface area contributed by atoms with E-state index in [2.05, 4.69) is 46.9 Å². The van der Waals surface area contributed by atoms with Crippen molar-refractivity contribution in [2.75, 3.05) is 13.2 Å². The van der Waals surface area contributed by atoms with E-state index >= 15 is 0 Å². The topological polar surface area (TPSA) is 72.9 Å². The van der Waals surface area contributed by atoms with Crippen LogP contribution < -0.4 is 0 Å². The summed E-state index contributed by atoms with van der Waals surface area (Å²) >= 11 is 1.29. The second-order valence-electron chi connectivity index (χ2n) is 11.6. The highest BCUT2D eigenvalue weighted by atomic mass is 32.1. The number of ketones is 1. The highest BCUT2D eigenvalue weighted by Gasteiger charge is 2.40. The molecule has 0 N–H and O–H groups in total. The number of hydrogen-bond donors (Lipinski definition) is 0. The Morgan fingerprint density at radius 1 is 1.18 bits per heavy atom. The number of ether oxygens (including phenoxy) is 1. The third-order valence-electron chi connectivity index (χ3n) is 6.34. The van der Waals surface area contributed by atoms with Crippen LogP contribution in [-0.4, -0.2) is 55.7 Å². The van der Waals surface area contributed by atoms with E-state index in [9.17, 15) is 14.4 Å². The molecule has 0 saturated carbocycles. The molecule has 2 heterocycles. The zero-order valence-corrected chi connectivity index (χ0v) is 24.0. The maximum atomic E-state index is 12.9. The van der Waals surface area contributed by atoms with Gasteiger partial charge in [0.15, 0.2) is 8.32 Å². The summed E-state index contributed by atoms with van der Waals surface area (Å²) in [6.45, 7) is 19.7. The summed E-state index contributed by atoms with van der Waals surface area (Å²) in [6, 6.07) is 2.83. The second kappa shape index (κ2) is 10.9. The number of amides is 1. The number of thiophene rings is 1. The molecule has 190 valence electrons. The van der Waals surface area contributed by atoms with Crippen LogP contribution >= 0.6 is 11.3 Å². The van der Waals surface area contributed by atoms with Gasteiger partial charge in [0.25, 0.3) is 11.7 Å². The average Bonchev–Trinajstić information content (AvgIpc) is 3.37. The highest BCUT2D eigenvalue weighted by Crippen LogP contribution is 2.36. The summed E-state index contributed by atoms with van der Waals surface area (Å²) in [5, 5.41) is 0.170. The van der Waals surface area contributed by atoms with E-state index < -0.39 is 37.6 Å². The van der Waals surface area contributed by atoms with Crippen LogP contribution in [0.25, 0.3) is 6.08 Å². The third-order valence-corrected chi connectivity index (χ3v) is 11.9. The molecule has 1 aliphatic rings. The van der Waals surface area contributed by atoms with Gasteiger partial charge in [-0.15, -0.1) is 11.3 Å². The molecule has 1 aliphatic heterocycles. The lowest BCUT2D eigenvalue weighted by Gasteiger charge is -2.36. The second-order valence-corrected chi connectivity index (χ2v) is 17.6. The van der Waals surface area contributed by atoms with Gasteiger partial charge in [0.05, 0.1) is 4.88 Å². The Balaban J connectivity index is 1.99. The molecule has 2 atom stereocenters. The number of carbonyl (C=O) groups is 3. The van der Waals surface area contributed by atoms with Crippen molar-refractivity contribution in [3.8, 4) is 0 Å². The average molecular weight is 508 g/mol. The minimum absolute atomic E-state index is 0.170. The predicted molar refractivity (Wildman–Crippen MR) is 141 cm³/mol. The van der Waals surface area contributed by atoms with E-state index in [0.29, 0.717) is 30.9 Å². The highest BCUT2D eigenvalue weighted by molar-refractivity contribution is 7.15. The first-order chi connectivity index (χ1) is 15.5. The molecule has 8 heteroatoms. The number of carbonyl (C=O) groups excluding carboxylic acids is 3. The van der Waals surface area contributed by atoms with Crippen molar-refractivity contribution >= 4 is 43.4 Å². The Kier molecular flexibility index (Phi) is 9.10. The van der Waals surface area contributed by atoms with E-state index in [1.807, 2.05) is 12.1 Å². The summed E-state index contributed by atoms with van der Waals surface area (Å²) in [5.74, 6) is -1.43. The quantitative estimate of drug-likeness (QED) is 0.189. The lowest BCUT2D eigenvalue weighted by Crippen LogP contribution is -2.46. The molecule has 6 nitrogen and oxygen atoms in total. The molecule has 0 bridgehead atoms. The van der Waals surface area contributed by atoms with Crippen LogP contribution in [0.5, 0.6) is 0 Å².